The Labute approximate surface area is 118 Å². The zero-order valence-corrected chi connectivity index (χ0v) is 11.5. The summed E-state index contributed by atoms with van der Waals surface area (Å²) in [7, 11) is 0. The van der Waals surface area contributed by atoms with Gasteiger partial charge in [-0.3, -0.25) is 0 Å². The lowest BCUT2D eigenvalue weighted by Crippen LogP contribution is -2.18. The minimum atomic E-state index is 0.313. The minimum absolute atomic E-state index is 0.313. The van der Waals surface area contributed by atoms with Gasteiger partial charge in [-0.2, -0.15) is 5.26 Å². The quantitative estimate of drug-likeness (QED) is 0.905. The van der Waals surface area contributed by atoms with Crippen LogP contribution in [0.5, 0.6) is 0 Å². The fourth-order valence-corrected chi connectivity index (χ4v) is 3.00. The predicted molar refractivity (Wildman–Crippen MR) is 76.9 cm³/mol. The SMILES string of the molecule is CCC1CCc2nc(N)c(C#N)c(-c3ccco3)c2C1. The smallest absolute Gasteiger partial charge is 0.142 e. The van der Waals surface area contributed by atoms with Gasteiger partial charge in [0.25, 0.3) is 0 Å². The van der Waals surface area contributed by atoms with Gasteiger partial charge in [-0.15, -0.1) is 0 Å². The van der Waals surface area contributed by atoms with E-state index < -0.39 is 0 Å². The Bertz CT molecular complexity index is 668. The van der Waals surface area contributed by atoms with E-state index in [9.17, 15) is 5.26 Å². The molecule has 2 N–H and O–H groups in total. The molecule has 0 saturated heterocycles. The van der Waals surface area contributed by atoms with Gasteiger partial charge in [0.1, 0.15) is 23.2 Å². The van der Waals surface area contributed by atoms with Crippen LogP contribution in [0.25, 0.3) is 11.3 Å². The molecule has 102 valence electrons. The molecule has 0 amide bonds. The van der Waals surface area contributed by atoms with Crippen molar-refractivity contribution >= 4 is 5.82 Å². The Kier molecular flexibility index (Phi) is 3.19. The van der Waals surface area contributed by atoms with Crippen LogP contribution >= 0.6 is 0 Å². The van der Waals surface area contributed by atoms with Crippen molar-refractivity contribution in [3.05, 3.63) is 35.2 Å². The first-order valence-corrected chi connectivity index (χ1v) is 6.99. The van der Waals surface area contributed by atoms with Crippen molar-refractivity contribution in [2.24, 2.45) is 5.92 Å². The summed E-state index contributed by atoms with van der Waals surface area (Å²) in [5.74, 6) is 1.67. The standard InChI is InChI=1S/C16H17N3O/c1-2-10-5-6-13-11(8-10)15(14-4-3-7-20-14)12(9-17)16(18)19-13/h3-4,7,10H,2,5-6,8H2,1H3,(H2,18,19). The van der Waals surface area contributed by atoms with Crippen LogP contribution in [0.15, 0.2) is 22.8 Å². The van der Waals surface area contributed by atoms with Crippen LogP contribution in [0, 0.1) is 17.2 Å². The van der Waals surface area contributed by atoms with E-state index in [2.05, 4.69) is 18.0 Å². The first-order chi connectivity index (χ1) is 9.74. The molecular formula is C16H17N3O. The van der Waals surface area contributed by atoms with Crippen LogP contribution in [0.2, 0.25) is 0 Å². The van der Waals surface area contributed by atoms with Crippen molar-refractivity contribution in [2.75, 3.05) is 5.73 Å². The van der Waals surface area contributed by atoms with Gasteiger partial charge >= 0.3 is 0 Å². The molecule has 0 saturated carbocycles. The summed E-state index contributed by atoms with van der Waals surface area (Å²) in [4.78, 5) is 4.44. The van der Waals surface area contributed by atoms with E-state index in [1.807, 2.05) is 12.1 Å². The molecule has 1 aliphatic carbocycles. The van der Waals surface area contributed by atoms with Crippen molar-refractivity contribution in [1.29, 1.82) is 5.26 Å². The molecule has 2 aromatic heterocycles. The highest BCUT2D eigenvalue weighted by Crippen LogP contribution is 2.38. The van der Waals surface area contributed by atoms with Crippen molar-refractivity contribution in [3.8, 4) is 17.4 Å². The van der Waals surface area contributed by atoms with E-state index >= 15 is 0 Å². The van der Waals surface area contributed by atoms with Crippen molar-refractivity contribution in [3.63, 3.8) is 0 Å². The molecule has 0 spiro atoms. The third-order valence-corrected chi connectivity index (χ3v) is 4.15. The summed E-state index contributed by atoms with van der Waals surface area (Å²) in [5.41, 5.74) is 9.41. The first-order valence-electron chi connectivity index (χ1n) is 6.99. The number of hydrogen-bond donors (Lipinski definition) is 1. The largest absolute Gasteiger partial charge is 0.464 e. The fourth-order valence-electron chi connectivity index (χ4n) is 3.00. The molecule has 1 aliphatic rings. The fraction of sp³-hybridized carbons (Fsp3) is 0.375. The number of nitrogens with zero attached hydrogens (tertiary/aromatic N) is 2. The second kappa shape index (κ2) is 5.01. The second-order valence-corrected chi connectivity index (χ2v) is 5.28. The third kappa shape index (κ3) is 1.96. The zero-order valence-electron chi connectivity index (χ0n) is 11.5. The van der Waals surface area contributed by atoms with Gasteiger partial charge in [-0.1, -0.05) is 13.3 Å². The number of nitrogens with two attached hydrogens (primary N) is 1. The summed E-state index contributed by atoms with van der Waals surface area (Å²) < 4.78 is 5.52. The van der Waals surface area contributed by atoms with E-state index in [0.717, 1.165) is 42.5 Å². The third-order valence-electron chi connectivity index (χ3n) is 4.15. The highest BCUT2D eigenvalue weighted by Gasteiger charge is 2.26. The molecule has 20 heavy (non-hydrogen) atoms. The summed E-state index contributed by atoms with van der Waals surface area (Å²) in [6.07, 6.45) is 5.78. The molecule has 4 nitrogen and oxygen atoms in total. The molecule has 1 atom stereocenters. The molecule has 2 heterocycles. The molecular weight excluding hydrogens is 250 g/mol. The second-order valence-electron chi connectivity index (χ2n) is 5.28. The minimum Gasteiger partial charge on any atom is -0.464 e. The lowest BCUT2D eigenvalue weighted by atomic mass is 9.81. The number of anilines is 1. The Balaban J connectivity index is 2.24. The summed E-state index contributed by atoms with van der Waals surface area (Å²) in [6.45, 7) is 2.21. The number of rotatable bonds is 2. The number of aryl methyl sites for hydroxylation is 1. The lowest BCUT2D eigenvalue weighted by Gasteiger charge is -2.25. The monoisotopic (exact) mass is 267 g/mol. The maximum absolute atomic E-state index is 9.41. The number of pyridine rings is 1. The maximum Gasteiger partial charge on any atom is 0.142 e. The molecule has 4 heteroatoms. The lowest BCUT2D eigenvalue weighted by molar-refractivity contribution is 0.440. The molecule has 0 bridgehead atoms. The van der Waals surface area contributed by atoms with E-state index in [-0.39, 0.29) is 0 Å². The summed E-state index contributed by atoms with van der Waals surface area (Å²) in [5, 5.41) is 9.41. The summed E-state index contributed by atoms with van der Waals surface area (Å²) in [6, 6.07) is 5.90. The topological polar surface area (TPSA) is 75.8 Å². The predicted octanol–water partition coefficient (Wildman–Crippen LogP) is 3.31. The van der Waals surface area contributed by atoms with Gasteiger partial charge in [0.05, 0.1) is 6.26 Å². The van der Waals surface area contributed by atoms with E-state index in [1.54, 1.807) is 6.26 Å². The number of fused-ring (bicyclic) bond motifs is 1. The molecule has 1 unspecified atom stereocenters. The van der Waals surface area contributed by atoms with E-state index in [1.165, 1.54) is 0 Å². The number of aromatic nitrogens is 1. The summed E-state index contributed by atoms with van der Waals surface area (Å²) >= 11 is 0. The molecule has 3 rings (SSSR count). The Morgan fingerprint density at radius 1 is 1.55 bits per heavy atom. The zero-order chi connectivity index (χ0) is 14.1. The number of furan rings is 1. The van der Waals surface area contributed by atoms with Gasteiger partial charge in [0, 0.05) is 11.3 Å². The van der Waals surface area contributed by atoms with Crippen LogP contribution in [0.4, 0.5) is 5.82 Å². The van der Waals surface area contributed by atoms with E-state index in [0.29, 0.717) is 23.1 Å². The maximum atomic E-state index is 9.41. The van der Waals surface area contributed by atoms with Crippen LogP contribution in [-0.4, -0.2) is 4.98 Å². The van der Waals surface area contributed by atoms with Gasteiger partial charge in [0.15, 0.2) is 0 Å². The average molecular weight is 267 g/mol. The molecule has 0 aliphatic heterocycles. The highest BCUT2D eigenvalue weighted by atomic mass is 16.3. The van der Waals surface area contributed by atoms with Crippen LogP contribution < -0.4 is 5.73 Å². The molecule has 0 fully saturated rings. The van der Waals surface area contributed by atoms with Crippen molar-refractivity contribution < 1.29 is 4.42 Å². The van der Waals surface area contributed by atoms with Crippen LogP contribution in [0.3, 0.4) is 0 Å². The van der Waals surface area contributed by atoms with Crippen molar-refractivity contribution in [1.82, 2.24) is 4.98 Å². The Morgan fingerprint density at radius 2 is 2.40 bits per heavy atom. The number of nitriles is 1. The number of hydrogen-bond acceptors (Lipinski definition) is 4. The average Bonchev–Trinajstić information content (AvgIpc) is 2.99. The van der Waals surface area contributed by atoms with Crippen LogP contribution in [0.1, 0.15) is 36.6 Å². The van der Waals surface area contributed by atoms with Gasteiger partial charge in [-0.05, 0) is 42.9 Å². The van der Waals surface area contributed by atoms with Gasteiger partial charge in [-0.25, -0.2) is 4.98 Å². The molecule has 0 radical (unpaired) electrons. The molecule has 0 aromatic carbocycles. The van der Waals surface area contributed by atoms with Crippen LogP contribution in [-0.2, 0) is 12.8 Å². The highest BCUT2D eigenvalue weighted by molar-refractivity contribution is 5.76. The number of nitrogen functional groups attached to an aromatic ring is 1. The Morgan fingerprint density at radius 3 is 3.05 bits per heavy atom. The van der Waals surface area contributed by atoms with Gasteiger partial charge < -0.3 is 10.2 Å². The molecule has 2 aromatic rings. The first kappa shape index (κ1) is 12.7. The van der Waals surface area contributed by atoms with E-state index in [4.69, 9.17) is 10.2 Å². The normalized spacial score (nSPS) is 17.5. The Hall–Kier alpha value is -2.28. The van der Waals surface area contributed by atoms with Gasteiger partial charge in [0.2, 0.25) is 0 Å². The van der Waals surface area contributed by atoms with Crippen molar-refractivity contribution in [2.45, 2.75) is 32.6 Å².